The molecule has 50 heavy (non-hydrogen) atoms. The first-order valence-corrected chi connectivity index (χ1v) is 16.9. The Kier molecular flexibility index (Phi) is 8.28. The third kappa shape index (κ3) is 4.79. The Morgan fingerprint density at radius 1 is 0.880 bits per heavy atom. The van der Waals surface area contributed by atoms with Crippen molar-refractivity contribution >= 4 is 75.9 Å². The molecule has 13 heteroatoms. The van der Waals surface area contributed by atoms with Crippen molar-refractivity contribution in [2.24, 2.45) is 23.7 Å². The highest BCUT2D eigenvalue weighted by atomic mass is 35.5. The van der Waals surface area contributed by atoms with Gasteiger partial charge in [0.2, 0.25) is 17.6 Å². The summed E-state index contributed by atoms with van der Waals surface area (Å²) in [5.41, 5.74) is 2.26. The number of nitrogens with zero attached hydrogens (tertiary/aromatic N) is 2. The van der Waals surface area contributed by atoms with Crippen LogP contribution in [0.1, 0.15) is 24.0 Å². The summed E-state index contributed by atoms with van der Waals surface area (Å²) in [6.45, 7) is 1.81. The second kappa shape index (κ2) is 12.1. The molecule has 4 amide bonds. The number of fused-ring (bicyclic) bond motifs is 4. The molecule has 9 nitrogen and oxygen atoms in total. The maximum absolute atomic E-state index is 14.5. The van der Waals surface area contributed by atoms with Gasteiger partial charge >= 0.3 is 0 Å². The minimum absolute atomic E-state index is 0.0796. The first-order chi connectivity index (χ1) is 23.8. The number of amides is 4. The highest BCUT2D eigenvalue weighted by molar-refractivity contribution is 6.58. The van der Waals surface area contributed by atoms with Gasteiger partial charge in [-0.15, -0.1) is 23.2 Å². The number of benzene rings is 3. The predicted octanol–water partition coefficient (Wildman–Crippen LogP) is 6.82. The normalized spacial score (nSPS) is 28.9. The van der Waals surface area contributed by atoms with Crippen molar-refractivity contribution < 1.29 is 38.1 Å². The fourth-order valence-electron chi connectivity index (χ4n) is 7.84. The number of allylic oxidation sites excluding steroid dienone is 3. The summed E-state index contributed by atoms with van der Waals surface area (Å²) < 4.78 is 24.5. The van der Waals surface area contributed by atoms with Crippen LogP contribution < -0.4 is 19.3 Å². The number of aromatic hydroxyl groups is 1. The molecule has 2 aliphatic heterocycles. The van der Waals surface area contributed by atoms with Gasteiger partial charge in [0.1, 0.15) is 5.82 Å². The first-order valence-electron chi connectivity index (χ1n) is 15.8. The zero-order chi connectivity index (χ0) is 35.9. The number of phenols is 1. The lowest BCUT2D eigenvalue weighted by molar-refractivity contribution is -0.125. The average Bonchev–Trinajstić information content (AvgIpc) is 3.44. The van der Waals surface area contributed by atoms with Gasteiger partial charge in [-0.1, -0.05) is 41.5 Å². The second-order valence-corrected chi connectivity index (χ2v) is 14.5. The minimum atomic E-state index is -2.09. The van der Waals surface area contributed by atoms with Gasteiger partial charge in [0.05, 0.1) is 37.4 Å². The van der Waals surface area contributed by atoms with Crippen LogP contribution >= 0.6 is 34.8 Å². The number of halogens is 4. The number of hydrogen-bond acceptors (Lipinski definition) is 7. The maximum atomic E-state index is 14.5. The smallest absolute Gasteiger partial charge is 0.258 e. The summed E-state index contributed by atoms with van der Waals surface area (Å²) in [6.07, 6.45) is 5.03. The molecule has 1 N–H and O–H groups in total. The van der Waals surface area contributed by atoms with E-state index in [1.54, 1.807) is 42.5 Å². The summed E-state index contributed by atoms with van der Waals surface area (Å²) in [4.78, 5) is 54.8. The molecule has 0 radical (unpaired) electrons. The van der Waals surface area contributed by atoms with Crippen molar-refractivity contribution in [1.82, 2.24) is 0 Å². The van der Waals surface area contributed by atoms with E-state index in [0.717, 1.165) is 27.5 Å². The Labute approximate surface area is 301 Å². The van der Waals surface area contributed by atoms with Crippen LogP contribution in [-0.2, 0) is 19.2 Å². The number of alkyl halides is 2. The molecule has 3 aromatic carbocycles. The molecule has 2 aliphatic carbocycles. The molecule has 0 spiro atoms. The number of aryl methyl sites for hydroxylation is 1. The monoisotopic (exact) mass is 738 g/mol. The fourth-order valence-corrected chi connectivity index (χ4v) is 8.90. The van der Waals surface area contributed by atoms with Gasteiger partial charge in [-0.3, -0.25) is 19.2 Å². The lowest BCUT2D eigenvalue weighted by Gasteiger charge is -2.49. The standard InChI is InChI=1S/C37H30Cl3FN2O7/c1-18-4-8-22(16-27(18)38)42-32(45)24-12-11-23-25(30(24)33(42)46)17-36(39)34(47)43(21-9-6-20(41)7-10-21)35(48)37(36,40)26(23)13-5-19-14-28(49-2)31(44)29(15-19)50-3/h4-11,13-16,24-26,30,44H,12,17H2,1-3H3. The van der Waals surface area contributed by atoms with Crippen molar-refractivity contribution in [3.8, 4) is 17.2 Å². The summed E-state index contributed by atoms with van der Waals surface area (Å²) in [5.74, 6) is -6.53. The quantitative estimate of drug-likeness (QED) is 0.168. The molecule has 3 aromatic rings. The van der Waals surface area contributed by atoms with Crippen LogP contribution in [-0.4, -0.2) is 52.7 Å². The average molecular weight is 740 g/mol. The molecular formula is C37H30Cl3FN2O7. The van der Waals surface area contributed by atoms with Gasteiger partial charge in [0, 0.05) is 10.9 Å². The van der Waals surface area contributed by atoms with E-state index < -0.39 is 62.9 Å². The Hall–Kier alpha value is -4.38. The van der Waals surface area contributed by atoms with Crippen molar-refractivity contribution in [3.05, 3.63) is 94.3 Å². The molecular weight excluding hydrogens is 710 g/mol. The summed E-state index contributed by atoms with van der Waals surface area (Å²) in [5, 5.41) is 10.9. The van der Waals surface area contributed by atoms with E-state index in [-0.39, 0.29) is 35.8 Å². The zero-order valence-electron chi connectivity index (χ0n) is 27.0. The van der Waals surface area contributed by atoms with Crippen molar-refractivity contribution in [3.63, 3.8) is 0 Å². The molecule has 0 bridgehead atoms. The molecule has 258 valence electrons. The summed E-state index contributed by atoms with van der Waals surface area (Å²) in [7, 11) is 2.76. The van der Waals surface area contributed by atoms with E-state index in [2.05, 4.69) is 0 Å². The van der Waals surface area contributed by atoms with Crippen molar-refractivity contribution in [2.45, 2.75) is 29.5 Å². The topological polar surface area (TPSA) is 113 Å². The van der Waals surface area contributed by atoms with Crippen molar-refractivity contribution in [1.29, 1.82) is 0 Å². The number of imide groups is 2. The van der Waals surface area contributed by atoms with Gasteiger partial charge in [-0.05, 0) is 85.3 Å². The third-order valence-electron chi connectivity index (χ3n) is 10.3. The number of hydrogen-bond donors (Lipinski definition) is 1. The number of carbonyl (C=O) groups is 4. The van der Waals surface area contributed by atoms with Crippen LogP contribution in [0.3, 0.4) is 0 Å². The summed E-state index contributed by atoms with van der Waals surface area (Å²) >= 11 is 21.1. The van der Waals surface area contributed by atoms with E-state index in [0.29, 0.717) is 21.8 Å². The van der Waals surface area contributed by atoms with E-state index in [4.69, 9.17) is 44.3 Å². The summed E-state index contributed by atoms with van der Waals surface area (Å²) in [6, 6.07) is 12.8. The molecule has 2 heterocycles. The van der Waals surface area contributed by atoms with Crippen molar-refractivity contribution in [2.75, 3.05) is 24.0 Å². The number of rotatable bonds is 6. The molecule has 6 atom stereocenters. The molecule has 3 fully saturated rings. The molecule has 1 saturated carbocycles. The highest BCUT2D eigenvalue weighted by Crippen LogP contribution is 2.63. The highest BCUT2D eigenvalue weighted by Gasteiger charge is 2.76. The van der Waals surface area contributed by atoms with Gasteiger partial charge < -0.3 is 14.6 Å². The Morgan fingerprint density at radius 3 is 2.14 bits per heavy atom. The predicted molar refractivity (Wildman–Crippen MR) is 186 cm³/mol. The van der Waals surface area contributed by atoms with Crippen LogP contribution in [0.2, 0.25) is 5.02 Å². The van der Waals surface area contributed by atoms with Gasteiger partial charge in [-0.25, -0.2) is 14.2 Å². The number of carbonyl (C=O) groups excluding carboxylic acids is 4. The van der Waals surface area contributed by atoms with E-state index in [9.17, 15) is 28.7 Å². The number of anilines is 2. The number of phenolic OH excluding ortho intramolecular Hbond substituents is 1. The molecule has 0 aromatic heterocycles. The largest absolute Gasteiger partial charge is 0.502 e. The van der Waals surface area contributed by atoms with Crippen LogP contribution in [0.25, 0.3) is 6.08 Å². The first kappa shape index (κ1) is 34.1. The second-order valence-electron chi connectivity index (χ2n) is 12.9. The molecule has 6 unspecified atom stereocenters. The van der Waals surface area contributed by atoms with E-state index >= 15 is 0 Å². The molecule has 4 aliphatic rings. The lowest BCUT2D eigenvalue weighted by Crippen LogP contribution is -2.60. The zero-order valence-corrected chi connectivity index (χ0v) is 29.2. The van der Waals surface area contributed by atoms with Crippen LogP contribution in [0.4, 0.5) is 15.8 Å². The Morgan fingerprint density at radius 2 is 1.52 bits per heavy atom. The van der Waals surface area contributed by atoms with Crippen LogP contribution in [0, 0.1) is 36.4 Å². The Bertz CT molecular complexity index is 2030. The minimum Gasteiger partial charge on any atom is -0.502 e. The van der Waals surface area contributed by atoms with Gasteiger partial charge in [-0.2, -0.15) is 0 Å². The van der Waals surface area contributed by atoms with Crippen LogP contribution in [0.15, 0.2) is 72.3 Å². The van der Waals surface area contributed by atoms with E-state index in [1.165, 1.54) is 26.4 Å². The lowest BCUT2D eigenvalue weighted by atomic mass is 9.57. The maximum Gasteiger partial charge on any atom is 0.258 e. The van der Waals surface area contributed by atoms with Gasteiger partial charge in [0.25, 0.3) is 11.8 Å². The molecule has 7 rings (SSSR count). The SMILES string of the molecule is COc1cc(C=CC2C3=CCC4C(=O)N(c5ccc(C)c(Cl)c5)C(=O)C4C3CC3(Cl)C(=O)N(c4ccc(F)cc4)C(=O)C23Cl)cc(OC)c1O. The number of ether oxygens (including phenoxy) is 2. The Balaban J connectivity index is 1.37. The fraction of sp³-hybridized carbons (Fsp3) is 0.297. The van der Waals surface area contributed by atoms with Gasteiger partial charge in [0.15, 0.2) is 21.2 Å². The molecule has 2 saturated heterocycles. The number of methoxy groups -OCH3 is 2. The third-order valence-corrected chi connectivity index (χ3v) is 12.2. The van der Waals surface area contributed by atoms with Crippen LogP contribution in [0.5, 0.6) is 17.2 Å². The van der Waals surface area contributed by atoms with E-state index in [1.807, 2.05) is 13.0 Å².